The van der Waals surface area contributed by atoms with Crippen LogP contribution in [0.25, 0.3) is 0 Å². The Kier molecular flexibility index (Phi) is 12.4. The lowest BCUT2D eigenvalue weighted by Crippen LogP contribution is -2.22. The van der Waals surface area contributed by atoms with E-state index in [0.29, 0.717) is 6.61 Å². The maximum Gasteiger partial charge on any atom is 0.228 e. The standard InChI is InChI=1S/C13H29N3O/c1-2-3-4-5-6-7-8-9-10-11-12-17-16-13(14)15/h2-12H2,1H3,(H4,14,15,16). The van der Waals surface area contributed by atoms with Crippen molar-refractivity contribution in [3.05, 3.63) is 0 Å². The number of guanidine groups is 1. The van der Waals surface area contributed by atoms with E-state index < -0.39 is 0 Å². The highest BCUT2D eigenvalue weighted by Crippen LogP contribution is 2.10. The Balaban J connectivity index is 2.96. The number of hydrogen-bond donors (Lipinski definition) is 2. The van der Waals surface area contributed by atoms with Gasteiger partial charge in [-0.05, 0) is 18.0 Å². The Hall–Kier alpha value is -0.930. The topological polar surface area (TPSA) is 73.6 Å². The smallest absolute Gasteiger partial charge is 0.228 e. The summed E-state index contributed by atoms with van der Waals surface area (Å²) in [5.41, 5.74) is 10.3. The molecule has 0 fully saturated rings. The molecule has 0 aliphatic heterocycles. The molecule has 0 aromatic heterocycles. The van der Waals surface area contributed by atoms with Crippen LogP contribution in [0.4, 0.5) is 0 Å². The van der Waals surface area contributed by atoms with Crippen LogP contribution >= 0.6 is 0 Å². The van der Waals surface area contributed by atoms with E-state index in [-0.39, 0.29) is 5.96 Å². The fourth-order valence-corrected chi connectivity index (χ4v) is 1.77. The van der Waals surface area contributed by atoms with E-state index in [1.165, 1.54) is 57.8 Å². The van der Waals surface area contributed by atoms with E-state index in [0.717, 1.165) is 6.42 Å². The third-order valence-corrected chi connectivity index (χ3v) is 2.76. The van der Waals surface area contributed by atoms with Gasteiger partial charge in [0.15, 0.2) is 0 Å². The molecule has 0 amide bonds. The second-order valence-electron chi connectivity index (χ2n) is 4.53. The number of unbranched alkanes of at least 4 members (excludes halogenated alkanes) is 9. The first-order chi connectivity index (χ1) is 8.27. The predicted molar refractivity (Wildman–Crippen MR) is 73.6 cm³/mol. The number of nitrogens with two attached hydrogens (primary N) is 2. The zero-order chi connectivity index (χ0) is 12.8. The predicted octanol–water partition coefficient (Wildman–Crippen LogP) is 3.11. The Labute approximate surface area is 106 Å². The molecule has 0 aliphatic carbocycles. The van der Waals surface area contributed by atoms with Gasteiger partial charge in [-0.2, -0.15) is 0 Å². The molecule has 0 spiro atoms. The molecule has 4 nitrogen and oxygen atoms in total. The molecular formula is C13H29N3O. The minimum atomic E-state index is -0.00270. The summed E-state index contributed by atoms with van der Waals surface area (Å²) in [6.45, 7) is 2.87. The fraction of sp³-hybridized carbons (Fsp3) is 0.923. The van der Waals surface area contributed by atoms with Gasteiger partial charge in [-0.3, -0.25) is 0 Å². The summed E-state index contributed by atoms with van der Waals surface area (Å²) in [5.74, 6) is -0.00270. The number of hydrogen-bond acceptors (Lipinski definition) is 2. The summed E-state index contributed by atoms with van der Waals surface area (Å²) < 4.78 is 0. The molecule has 102 valence electrons. The zero-order valence-corrected chi connectivity index (χ0v) is 11.3. The van der Waals surface area contributed by atoms with Gasteiger partial charge in [0.1, 0.15) is 6.61 Å². The van der Waals surface area contributed by atoms with Crippen molar-refractivity contribution in [1.82, 2.24) is 0 Å². The minimum absolute atomic E-state index is 0.00270. The van der Waals surface area contributed by atoms with Crippen LogP contribution in [0.2, 0.25) is 0 Å². The van der Waals surface area contributed by atoms with Crippen molar-refractivity contribution in [3.63, 3.8) is 0 Å². The van der Waals surface area contributed by atoms with Crippen LogP contribution in [0.15, 0.2) is 5.16 Å². The van der Waals surface area contributed by atoms with E-state index in [1.807, 2.05) is 0 Å². The zero-order valence-electron chi connectivity index (χ0n) is 11.3. The van der Waals surface area contributed by atoms with E-state index in [4.69, 9.17) is 16.3 Å². The van der Waals surface area contributed by atoms with Crippen molar-refractivity contribution < 1.29 is 4.84 Å². The lowest BCUT2D eigenvalue weighted by atomic mass is 10.1. The van der Waals surface area contributed by atoms with Gasteiger partial charge in [0, 0.05) is 0 Å². The molecule has 0 saturated heterocycles. The van der Waals surface area contributed by atoms with Crippen LogP contribution in [0, 0.1) is 0 Å². The summed E-state index contributed by atoms with van der Waals surface area (Å²) in [6, 6.07) is 0. The Bertz CT molecular complexity index is 180. The summed E-state index contributed by atoms with van der Waals surface area (Å²) >= 11 is 0. The molecule has 0 aromatic carbocycles. The number of oxime groups is 1. The highest BCUT2D eigenvalue weighted by molar-refractivity contribution is 5.74. The third kappa shape index (κ3) is 15.1. The molecule has 0 bridgehead atoms. The maximum atomic E-state index is 5.13. The Morgan fingerprint density at radius 2 is 1.29 bits per heavy atom. The van der Waals surface area contributed by atoms with E-state index >= 15 is 0 Å². The molecule has 0 radical (unpaired) electrons. The van der Waals surface area contributed by atoms with Gasteiger partial charge in [0.25, 0.3) is 0 Å². The van der Waals surface area contributed by atoms with Crippen molar-refractivity contribution in [2.45, 2.75) is 71.1 Å². The van der Waals surface area contributed by atoms with Gasteiger partial charge in [0.05, 0.1) is 0 Å². The number of nitrogens with zero attached hydrogens (tertiary/aromatic N) is 1. The van der Waals surface area contributed by atoms with Crippen molar-refractivity contribution in [2.24, 2.45) is 16.6 Å². The van der Waals surface area contributed by atoms with Crippen LogP contribution in [0.5, 0.6) is 0 Å². The SMILES string of the molecule is CCCCCCCCCCCCON=C(N)N. The lowest BCUT2D eigenvalue weighted by Gasteiger charge is -2.02. The first-order valence-electron chi connectivity index (χ1n) is 6.98. The fourth-order valence-electron chi connectivity index (χ4n) is 1.77. The molecule has 0 aromatic rings. The molecule has 0 unspecified atom stereocenters. The summed E-state index contributed by atoms with van der Waals surface area (Å²) in [7, 11) is 0. The third-order valence-electron chi connectivity index (χ3n) is 2.76. The molecule has 0 atom stereocenters. The van der Waals surface area contributed by atoms with Gasteiger partial charge in [-0.25, -0.2) is 0 Å². The molecule has 17 heavy (non-hydrogen) atoms. The highest BCUT2D eigenvalue weighted by Gasteiger charge is 1.92. The van der Waals surface area contributed by atoms with E-state index in [2.05, 4.69) is 12.1 Å². The second-order valence-corrected chi connectivity index (χ2v) is 4.53. The normalized spacial score (nSPS) is 10.2. The Morgan fingerprint density at radius 3 is 1.76 bits per heavy atom. The molecule has 4 heteroatoms. The van der Waals surface area contributed by atoms with Gasteiger partial charge >= 0.3 is 0 Å². The number of rotatable bonds is 12. The van der Waals surface area contributed by atoms with Gasteiger partial charge in [-0.15, -0.1) is 0 Å². The van der Waals surface area contributed by atoms with Crippen LogP contribution < -0.4 is 11.5 Å². The highest BCUT2D eigenvalue weighted by atomic mass is 16.6. The first-order valence-corrected chi connectivity index (χ1v) is 6.98. The lowest BCUT2D eigenvalue weighted by molar-refractivity contribution is 0.139. The van der Waals surface area contributed by atoms with Crippen LogP contribution in [0.3, 0.4) is 0 Å². The van der Waals surface area contributed by atoms with Crippen molar-refractivity contribution in [2.75, 3.05) is 6.61 Å². The average Bonchev–Trinajstić information content (AvgIpc) is 2.30. The summed E-state index contributed by atoms with van der Waals surface area (Å²) in [6.07, 6.45) is 13.2. The molecular weight excluding hydrogens is 214 g/mol. The maximum absolute atomic E-state index is 5.13. The summed E-state index contributed by atoms with van der Waals surface area (Å²) in [4.78, 5) is 4.91. The summed E-state index contributed by atoms with van der Waals surface area (Å²) in [5, 5.41) is 3.47. The van der Waals surface area contributed by atoms with E-state index in [1.54, 1.807) is 0 Å². The Morgan fingerprint density at radius 1 is 0.824 bits per heavy atom. The van der Waals surface area contributed by atoms with Gasteiger partial charge < -0.3 is 16.3 Å². The van der Waals surface area contributed by atoms with Crippen molar-refractivity contribution in [3.8, 4) is 0 Å². The monoisotopic (exact) mass is 243 g/mol. The van der Waals surface area contributed by atoms with E-state index in [9.17, 15) is 0 Å². The van der Waals surface area contributed by atoms with Gasteiger partial charge in [-0.1, -0.05) is 58.3 Å². The average molecular weight is 243 g/mol. The minimum Gasteiger partial charge on any atom is -0.393 e. The quantitative estimate of drug-likeness (QED) is 0.239. The van der Waals surface area contributed by atoms with Crippen molar-refractivity contribution >= 4 is 5.96 Å². The van der Waals surface area contributed by atoms with Gasteiger partial charge in [0.2, 0.25) is 5.96 Å². The molecule has 0 heterocycles. The molecule has 0 rings (SSSR count). The van der Waals surface area contributed by atoms with Crippen molar-refractivity contribution in [1.29, 1.82) is 0 Å². The molecule has 0 saturated carbocycles. The largest absolute Gasteiger partial charge is 0.393 e. The molecule has 0 aliphatic rings. The van der Waals surface area contributed by atoms with Crippen LogP contribution in [-0.2, 0) is 4.84 Å². The first kappa shape index (κ1) is 16.1. The second kappa shape index (κ2) is 13.1. The van der Waals surface area contributed by atoms with Crippen LogP contribution in [0.1, 0.15) is 71.1 Å². The van der Waals surface area contributed by atoms with Crippen LogP contribution in [-0.4, -0.2) is 12.6 Å². The molecule has 4 N–H and O–H groups in total.